The van der Waals surface area contributed by atoms with Crippen LogP contribution in [-0.4, -0.2) is 42.0 Å². The van der Waals surface area contributed by atoms with Crippen LogP contribution in [0.1, 0.15) is 64.7 Å². The van der Waals surface area contributed by atoms with Crippen LogP contribution in [0.4, 0.5) is 4.79 Å². The number of rotatable bonds is 5. The quantitative estimate of drug-likeness (QED) is 0.730. The summed E-state index contributed by atoms with van der Waals surface area (Å²) in [5, 5.41) is 16.4. The Kier molecular flexibility index (Phi) is 4.64. The summed E-state index contributed by atoms with van der Waals surface area (Å²) in [6, 6.07) is 0.101. The standard InChI is InChI=1S/C17H30N2O3/c1-2-22-14-11-13(17(14)9-6-10-17)19-15(20)18-12-16(21)7-4-3-5-8-16/h13-14,21H,2-12H2,1H3,(H2,18,19,20). The van der Waals surface area contributed by atoms with E-state index < -0.39 is 5.60 Å². The molecular weight excluding hydrogens is 280 g/mol. The van der Waals surface area contributed by atoms with E-state index >= 15 is 0 Å². The zero-order valence-corrected chi connectivity index (χ0v) is 13.7. The van der Waals surface area contributed by atoms with Crippen molar-refractivity contribution in [1.29, 1.82) is 0 Å². The van der Waals surface area contributed by atoms with E-state index in [1.165, 1.54) is 12.8 Å². The van der Waals surface area contributed by atoms with Gasteiger partial charge in [-0.25, -0.2) is 4.79 Å². The molecule has 2 amide bonds. The topological polar surface area (TPSA) is 70.6 Å². The molecule has 5 nitrogen and oxygen atoms in total. The molecule has 0 aromatic rings. The molecular formula is C17H30N2O3. The minimum absolute atomic E-state index is 0.134. The van der Waals surface area contributed by atoms with Gasteiger partial charge in [-0.3, -0.25) is 0 Å². The Hall–Kier alpha value is -0.810. The van der Waals surface area contributed by atoms with Crippen LogP contribution < -0.4 is 10.6 Å². The van der Waals surface area contributed by atoms with Crippen molar-refractivity contribution < 1.29 is 14.6 Å². The Balaban J connectivity index is 1.44. The number of carbonyl (C=O) groups is 1. The second-order valence-corrected chi connectivity index (χ2v) is 7.43. The Labute approximate surface area is 133 Å². The van der Waals surface area contributed by atoms with Crippen LogP contribution >= 0.6 is 0 Å². The molecule has 3 saturated carbocycles. The van der Waals surface area contributed by atoms with E-state index in [-0.39, 0.29) is 17.5 Å². The van der Waals surface area contributed by atoms with Gasteiger partial charge in [-0.2, -0.15) is 0 Å². The fourth-order valence-corrected chi connectivity index (χ4v) is 4.48. The number of ether oxygens (including phenoxy) is 1. The molecule has 22 heavy (non-hydrogen) atoms. The number of hydrogen-bond acceptors (Lipinski definition) is 3. The first-order chi connectivity index (χ1) is 10.6. The molecule has 0 radical (unpaired) electrons. The molecule has 126 valence electrons. The molecule has 2 atom stereocenters. The van der Waals surface area contributed by atoms with Gasteiger partial charge in [0.1, 0.15) is 0 Å². The molecule has 0 saturated heterocycles. The predicted molar refractivity (Wildman–Crippen MR) is 84.7 cm³/mol. The fourth-order valence-electron chi connectivity index (χ4n) is 4.48. The highest BCUT2D eigenvalue weighted by atomic mass is 16.5. The van der Waals surface area contributed by atoms with E-state index in [1.807, 2.05) is 6.92 Å². The van der Waals surface area contributed by atoms with Crippen LogP contribution in [-0.2, 0) is 4.74 Å². The second kappa shape index (κ2) is 6.36. The summed E-state index contributed by atoms with van der Waals surface area (Å²) in [5.74, 6) is 0. The molecule has 3 rings (SSSR count). The maximum absolute atomic E-state index is 12.1. The highest BCUT2D eigenvalue weighted by molar-refractivity contribution is 5.74. The van der Waals surface area contributed by atoms with E-state index in [0.717, 1.165) is 51.6 Å². The van der Waals surface area contributed by atoms with Gasteiger partial charge in [0.2, 0.25) is 0 Å². The summed E-state index contributed by atoms with van der Waals surface area (Å²) in [5.41, 5.74) is -0.508. The van der Waals surface area contributed by atoms with Crippen LogP contribution in [0.25, 0.3) is 0 Å². The molecule has 0 aliphatic heterocycles. The first kappa shape index (κ1) is 16.1. The SMILES string of the molecule is CCOC1CC(NC(=O)NCC2(O)CCCCC2)C12CCC2. The average molecular weight is 310 g/mol. The highest BCUT2D eigenvalue weighted by Crippen LogP contribution is 2.57. The maximum Gasteiger partial charge on any atom is 0.315 e. The van der Waals surface area contributed by atoms with Crippen molar-refractivity contribution in [1.82, 2.24) is 10.6 Å². The van der Waals surface area contributed by atoms with E-state index in [1.54, 1.807) is 0 Å². The highest BCUT2D eigenvalue weighted by Gasteiger charge is 2.59. The van der Waals surface area contributed by atoms with Gasteiger partial charge < -0.3 is 20.5 Å². The zero-order valence-electron chi connectivity index (χ0n) is 13.7. The lowest BCUT2D eigenvalue weighted by atomic mass is 9.51. The Morgan fingerprint density at radius 1 is 1.18 bits per heavy atom. The molecule has 3 aliphatic rings. The molecule has 0 aromatic carbocycles. The number of hydrogen-bond donors (Lipinski definition) is 3. The van der Waals surface area contributed by atoms with Gasteiger partial charge in [-0.15, -0.1) is 0 Å². The van der Waals surface area contributed by atoms with Gasteiger partial charge in [0.15, 0.2) is 0 Å². The van der Waals surface area contributed by atoms with E-state index in [9.17, 15) is 9.90 Å². The van der Waals surface area contributed by atoms with Gasteiger partial charge in [0, 0.05) is 24.6 Å². The summed E-state index contributed by atoms with van der Waals surface area (Å²) in [7, 11) is 0. The molecule has 3 aliphatic carbocycles. The first-order valence-corrected chi connectivity index (χ1v) is 8.96. The summed E-state index contributed by atoms with van der Waals surface area (Å²) in [6.07, 6.45) is 9.70. The van der Waals surface area contributed by atoms with Gasteiger partial charge in [-0.1, -0.05) is 25.7 Å². The van der Waals surface area contributed by atoms with Crippen LogP contribution in [0.2, 0.25) is 0 Å². The van der Waals surface area contributed by atoms with Crippen molar-refractivity contribution >= 4 is 6.03 Å². The number of urea groups is 1. The van der Waals surface area contributed by atoms with Gasteiger partial charge in [0.25, 0.3) is 0 Å². The molecule has 3 N–H and O–H groups in total. The van der Waals surface area contributed by atoms with Crippen molar-refractivity contribution in [3.63, 3.8) is 0 Å². The lowest BCUT2D eigenvalue weighted by molar-refractivity contribution is -0.169. The van der Waals surface area contributed by atoms with Crippen LogP contribution in [0.5, 0.6) is 0 Å². The average Bonchev–Trinajstić information content (AvgIpc) is 2.43. The Morgan fingerprint density at radius 3 is 2.50 bits per heavy atom. The Bertz CT molecular complexity index is 403. The predicted octanol–water partition coefficient (Wildman–Crippen LogP) is 2.33. The Morgan fingerprint density at radius 2 is 1.91 bits per heavy atom. The maximum atomic E-state index is 12.1. The summed E-state index contributed by atoms with van der Waals surface area (Å²) in [4.78, 5) is 12.1. The van der Waals surface area contributed by atoms with Gasteiger partial charge in [-0.05, 0) is 39.0 Å². The normalized spacial score (nSPS) is 31.9. The second-order valence-electron chi connectivity index (χ2n) is 7.43. The first-order valence-electron chi connectivity index (χ1n) is 8.96. The molecule has 5 heteroatoms. The minimum Gasteiger partial charge on any atom is -0.388 e. The van der Waals surface area contributed by atoms with Crippen molar-refractivity contribution in [2.45, 2.75) is 82.5 Å². The van der Waals surface area contributed by atoms with Crippen molar-refractivity contribution in [3.05, 3.63) is 0 Å². The molecule has 1 spiro atoms. The number of amides is 2. The van der Waals surface area contributed by atoms with Crippen molar-refractivity contribution in [2.75, 3.05) is 13.2 Å². The molecule has 2 unspecified atom stereocenters. The molecule has 0 bridgehead atoms. The summed E-state index contributed by atoms with van der Waals surface area (Å²) < 4.78 is 5.81. The van der Waals surface area contributed by atoms with E-state index in [4.69, 9.17) is 4.74 Å². The largest absolute Gasteiger partial charge is 0.388 e. The third kappa shape index (κ3) is 2.98. The fraction of sp³-hybridized carbons (Fsp3) is 0.941. The molecule has 0 aromatic heterocycles. The summed E-state index contributed by atoms with van der Waals surface area (Å²) in [6.45, 7) is 3.15. The lowest BCUT2D eigenvalue weighted by Crippen LogP contribution is -2.68. The third-order valence-corrected chi connectivity index (χ3v) is 6.10. The zero-order chi connectivity index (χ0) is 15.6. The number of aliphatic hydroxyl groups is 1. The molecule has 3 fully saturated rings. The van der Waals surface area contributed by atoms with Crippen LogP contribution in [0.3, 0.4) is 0 Å². The van der Waals surface area contributed by atoms with Crippen LogP contribution in [0.15, 0.2) is 0 Å². The van der Waals surface area contributed by atoms with E-state index in [0.29, 0.717) is 12.6 Å². The smallest absolute Gasteiger partial charge is 0.315 e. The van der Waals surface area contributed by atoms with Crippen molar-refractivity contribution in [3.8, 4) is 0 Å². The van der Waals surface area contributed by atoms with Gasteiger partial charge >= 0.3 is 6.03 Å². The number of nitrogens with one attached hydrogen (secondary N) is 2. The monoisotopic (exact) mass is 310 g/mol. The molecule has 0 heterocycles. The number of carbonyl (C=O) groups excluding carboxylic acids is 1. The van der Waals surface area contributed by atoms with Gasteiger partial charge in [0.05, 0.1) is 11.7 Å². The third-order valence-electron chi connectivity index (χ3n) is 6.10. The van der Waals surface area contributed by atoms with E-state index in [2.05, 4.69) is 10.6 Å². The summed E-state index contributed by atoms with van der Waals surface area (Å²) >= 11 is 0. The van der Waals surface area contributed by atoms with Crippen LogP contribution in [0, 0.1) is 5.41 Å². The van der Waals surface area contributed by atoms with Crippen molar-refractivity contribution in [2.24, 2.45) is 5.41 Å². The minimum atomic E-state index is -0.697. The lowest BCUT2D eigenvalue weighted by Gasteiger charge is -2.60.